The van der Waals surface area contributed by atoms with Gasteiger partial charge in [-0.25, -0.2) is 0 Å². The van der Waals surface area contributed by atoms with Crippen molar-refractivity contribution in [3.05, 3.63) is 66.7 Å². The second-order valence-electron chi connectivity index (χ2n) is 7.04. The van der Waals surface area contributed by atoms with E-state index in [0.29, 0.717) is 0 Å². The third kappa shape index (κ3) is 4.73. The SMILES string of the molecule is O=[N+]([O-])c1cc(C(c2cc([N+](=O)[O-])c(O)c(C(F)(F)F)c2)(C(F)(F)F)C(F)(F)F)cc(C(F)(F)F)c1O. The Morgan fingerprint density at radius 2 is 0.838 bits per heavy atom. The number of rotatable bonds is 4. The van der Waals surface area contributed by atoms with Gasteiger partial charge in [0.05, 0.1) is 9.85 Å². The van der Waals surface area contributed by atoms with E-state index in [1.807, 2.05) is 0 Å². The molecular weight excluding hydrogens is 556 g/mol. The van der Waals surface area contributed by atoms with Gasteiger partial charge in [-0.05, 0) is 23.3 Å². The zero-order chi connectivity index (χ0) is 29.1. The molecule has 2 rings (SSSR count). The predicted octanol–water partition coefficient (Wildman–Crippen LogP) is 6.36. The molecule has 204 valence electrons. The summed E-state index contributed by atoms with van der Waals surface area (Å²) in [6, 6.07) is -3.74. The van der Waals surface area contributed by atoms with Crippen LogP contribution in [0, 0.1) is 20.2 Å². The summed E-state index contributed by atoms with van der Waals surface area (Å²) >= 11 is 0. The first-order chi connectivity index (χ1) is 16.4. The number of aromatic hydroxyl groups is 2. The summed E-state index contributed by atoms with van der Waals surface area (Å²) in [5, 5.41) is 41.0. The van der Waals surface area contributed by atoms with Crippen molar-refractivity contribution in [3.63, 3.8) is 0 Å². The van der Waals surface area contributed by atoms with Gasteiger partial charge in [0.25, 0.3) is 0 Å². The summed E-state index contributed by atoms with van der Waals surface area (Å²) in [7, 11) is 0. The van der Waals surface area contributed by atoms with E-state index >= 15 is 0 Å². The van der Waals surface area contributed by atoms with Crippen LogP contribution in [0.5, 0.6) is 11.5 Å². The molecule has 0 saturated carbocycles. The van der Waals surface area contributed by atoms with E-state index in [1.165, 1.54) is 0 Å². The number of halogens is 12. The zero-order valence-corrected chi connectivity index (χ0v) is 16.8. The molecule has 2 aromatic carbocycles. The first kappa shape index (κ1) is 29.2. The van der Waals surface area contributed by atoms with Gasteiger partial charge in [0, 0.05) is 12.1 Å². The van der Waals surface area contributed by atoms with Gasteiger partial charge in [-0.2, -0.15) is 52.7 Å². The van der Waals surface area contributed by atoms with Crippen molar-refractivity contribution in [1.82, 2.24) is 0 Å². The van der Waals surface area contributed by atoms with Crippen molar-refractivity contribution in [2.75, 3.05) is 0 Å². The van der Waals surface area contributed by atoms with Crippen LogP contribution in [0.15, 0.2) is 24.3 Å². The third-order valence-electron chi connectivity index (χ3n) is 4.90. The van der Waals surface area contributed by atoms with E-state index in [2.05, 4.69) is 0 Å². The van der Waals surface area contributed by atoms with Gasteiger partial charge < -0.3 is 10.2 Å². The monoisotopic (exact) mass is 562 g/mol. The third-order valence-corrected chi connectivity index (χ3v) is 4.90. The summed E-state index contributed by atoms with van der Waals surface area (Å²) in [5.41, 5.74) is -21.9. The summed E-state index contributed by atoms with van der Waals surface area (Å²) in [4.78, 5) is 18.1. The number of nitro groups is 2. The number of nitrogens with zero attached hydrogens (tertiary/aromatic N) is 2. The van der Waals surface area contributed by atoms with E-state index in [1.54, 1.807) is 0 Å². The van der Waals surface area contributed by atoms with Crippen molar-refractivity contribution in [2.24, 2.45) is 0 Å². The van der Waals surface area contributed by atoms with Gasteiger partial charge >= 0.3 is 36.1 Å². The Bertz CT molecular complexity index is 1170. The number of hydrogen-bond donors (Lipinski definition) is 2. The molecule has 0 aliphatic heterocycles. The highest BCUT2D eigenvalue weighted by molar-refractivity contribution is 5.62. The van der Waals surface area contributed by atoms with E-state index in [-0.39, 0.29) is 0 Å². The molecule has 20 heteroatoms. The van der Waals surface area contributed by atoms with Gasteiger partial charge in [-0.15, -0.1) is 0 Å². The molecule has 0 aromatic heterocycles. The molecule has 0 saturated heterocycles. The first-order valence-electron chi connectivity index (χ1n) is 8.70. The van der Waals surface area contributed by atoms with Crippen molar-refractivity contribution in [1.29, 1.82) is 0 Å². The van der Waals surface area contributed by atoms with Crippen molar-refractivity contribution >= 4 is 11.4 Å². The lowest BCUT2D eigenvalue weighted by Crippen LogP contribution is -2.55. The average molecular weight is 562 g/mol. The highest BCUT2D eigenvalue weighted by Crippen LogP contribution is 2.59. The molecular formula is C17H6F12N2O6. The maximum atomic E-state index is 14.2. The second kappa shape index (κ2) is 8.54. The van der Waals surface area contributed by atoms with Gasteiger partial charge in [0.1, 0.15) is 11.1 Å². The number of alkyl halides is 12. The molecule has 0 atom stereocenters. The molecule has 2 aromatic rings. The Balaban J connectivity index is 3.34. The fourth-order valence-corrected chi connectivity index (χ4v) is 3.36. The number of phenols is 2. The highest BCUT2D eigenvalue weighted by Gasteiger charge is 2.73. The van der Waals surface area contributed by atoms with Crippen molar-refractivity contribution < 1.29 is 72.7 Å². The molecule has 0 radical (unpaired) electrons. The standard InChI is InChI=1S/C17H6F12N2O6/c18-14(19,20)7-1-5(3-9(11(7)32)30(34)35)13(16(24,25)26,17(27,28)29)6-2-8(15(21,22)23)12(33)10(4-6)31(36)37/h1-4,32-33H. The summed E-state index contributed by atoms with van der Waals surface area (Å²) in [5.74, 6) is -4.85. The molecule has 37 heavy (non-hydrogen) atoms. The summed E-state index contributed by atoms with van der Waals surface area (Å²) < 4.78 is 165. The van der Waals surface area contributed by atoms with Crippen LogP contribution < -0.4 is 0 Å². The molecule has 0 fully saturated rings. The Hall–Kier alpha value is -4.00. The minimum atomic E-state index is -6.98. The number of nitro benzene ring substituents is 2. The largest absolute Gasteiger partial charge is 0.502 e. The average Bonchev–Trinajstić information content (AvgIpc) is 2.65. The van der Waals surface area contributed by atoms with Crippen LogP contribution in [0.4, 0.5) is 64.1 Å². The Kier molecular flexibility index (Phi) is 6.75. The van der Waals surface area contributed by atoms with Crippen molar-refractivity contribution in [2.45, 2.75) is 30.1 Å². The molecule has 8 nitrogen and oxygen atoms in total. The first-order valence-corrected chi connectivity index (χ1v) is 8.70. The van der Waals surface area contributed by atoms with Crippen LogP contribution in [0.3, 0.4) is 0 Å². The Morgan fingerprint density at radius 1 is 0.568 bits per heavy atom. The number of phenolic OH excluding ortho intramolecular Hbond substituents is 2. The van der Waals surface area contributed by atoms with Gasteiger partial charge in [-0.3, -0.25) is 20.2 Å². The van der Waals surface area contributed by atoms with Crippen LogP contribution in [0.25, 0.3) is 0 Å². The van der Waals surface area contributed by atoms with E-state index in [9.17, 15) is 83.1 Å². The van der Waals surface area contributed by atoms with Gasteiger partial charge in [0.2, 0.25) is 16.9 Å². The lowest BCUT2D eigenvalue weighted by Gasteiger charge is -2.38. The van der Waals surface area contributed by atoms with E-state index in [4.69, 9.17) is 0 Å². The smallest absolute Gasteiger partial charge is 0.420 e. The van der Waals surface area contributed by atoms with Crippen LogP contribution in [-0.2, 0) is 17.8 Å². The number of benzene rings is 2. The van der Waals surface area contributed by atoms with Crippen LogP contribution in [0.2, 0.25) is 0 Å². The molecule has 0 aliphatic rings. The summed E-state index contributed by atoms with van der Waals surface area (Å²) in [6.07, 6.45) is -26.0. The lowest BCUT2D eigenvalue weighted by atomic mass is 9.71. The molecule has 0 unspecified atom stereocenters. The summed E-state index contributed by atoms with van der Waals surface area (Å²) in [6.45, 7) is 0. The fourth-order valence-electron chi connectivity index (χ4n) is 3.36. The zero-order valence-electron chi connectivity index (χ0n) is 16.8. The minimum absolute atomic E-state index is 0.822. The van der Waals surface area contributed by atoms with Crippen LogP contribution >= 0.6 is 0 Å². The molecule has 2 N–H and O–H groups in total. The Morgan fingerprint density at radius 3 is 1.03 bits per heavy atom. The maximum Gasteiger partial charge on any atom is 0.420 e. The van der Waals surface area contributed by atoms with Gasteiger partial charge in [0.15, 0.2) is 0 Å². The molecule has 0 bridgehead atoms. The number of hydrogen-bond acceptors (Lipinski definition) is 6. The van der Waals surface area contributed by atoms with E-state index in [0.717, 1.165) is 0 Å². The predicted molar refractivity (Wildman–Crippen MR) is 92.4 cm³/mol. The molecule has 0 aliphatic carbocycles. The molecule has 0 spiro atoms. The maximum absolute atomic E-state index is 14.2. The fraction of sp³-hybridized carbons (Fsp3) is 0.294. The van der Waals surface area contributed by atoms with Crippen LogP contribution in [0.1, 0.15) is 22.3 Å². The second-order valence-corrected chi connectivity index (χ2v) is 7.04. The Labute approximate surface area is 193 Å². The quantitative estimate of drug-likeness (QED) is 0.254. The molecule has 0 heterocycles. The van der Waals surface area contributed by atoms with Gasteiger partial charge in [-0.1, -0.05) is 0 Å². The molecule has 0 amide bonds. The normalized spacial score (nSPS) is 13.5. The topological polar surface area (TPSA) is 127 Å². The van der Waals surface area contributed by atoms with Crippen LogP contribution in [-0.4, -0.2) is 32.4 Å². The minimum Gasteiger partial charge on any atom is -0.502 e. The van der Waals surface area contributed by atoms with E-state index < -0.39 is 109 Å². The van der Waals surface area contributed by atoms with Crippen molar-refractivity contribution in [3.8, 4) is 11.5 Å². The lowest BCUT2D eigenvalue weighted by molar-refractivity contribution is -0.386. The highest BCUT2D eigenvalue weighted by atomic mass is 19.4.